The first-order valence-corrected chi connectivity index (χ1v) is 12.0. The number of amides is 2. The quantitative estimate of drug-likeness (QED) is 0.431. The Morgan fingerprint density at radius 3 is 2.56 bits per heavy atom. The second-order valence-electron chi connectivity index (χ2n) is 8.35. The van der Waals surface area contributed by atoms with Crippen molar-refractivity contribution in [3.05, 3.63) is 66.5 Å². The van der Waals surface area contributed by atoms with E-state index in [4.69, 9.17) is 13.9 Å². The normalized spacial score (nSPS) is 14.3. The molecular formula is C26H30N4O6. The number of nitrogens with one attached hydrogen (secondary N) is 1. The van der Waals surface area contributed by atoms with Crippen LogP contribution in [0.5, 0.6) is 0 Å². The average molecular weight is 495 g/mol. The molecule has 1 atom stereocenters. The fourth-order valence-electron chi connectivity index (χ4n) is 4.17. The Kier molecular flexibility index (Phi) is 8.51. The smallest absolute Gasteiger partial charge is 0.359 e. The first-order valence-electron chi connectivity index (χ1n) is 12.0. The van der Waals surface area contributed by atoms with Crippen LogP contribution >= 0.6 is 0 Å². The van der Waals surface area contributed by atoms with Gasteiger partial charge in [-0.15, -0.1) is 0 Å². The van der Waals surface area contributed by atoms with Crippen molar-refractivity contribution in [2.45, 2.75) is 32.4 Å². The molecule has 1 N–H and O–H groups in total. The summed E-state index contributed by atoms with van der Waals surface area (Å²) < 4.78 is 17.6. The summed E-state index contributed by atoms with van der Waals surface area (Å²) >= 11 is 0. The number of furan rings is 1. The molecule has 1 aliphatic heterocycles. The third-order valence-corrected chi connectivity index (χ3v) is 5.94. The predicted octanol–water partition coefficient (Wildman–Crippen LogP) is 2.82. The van der Waals surface area contributed by atoms with E-state index in [1.807, 2.05) is 30.3 Å². The molecule has 0 radical (unpaired) electrons. The van der Waals surface area contributed by atoms with E-state index in [0.29, 0.717) is 37.8 Å². The molecule has 0 bridgehead atoms. The van der Waals surface area contributed by atoms with Crippen LogP contribution in [-0.4, -0.2) is 65.1 Å². The monoisotopic (exact) mass is 494 g/mol. The van der Waals surface area contributed by atoms with Gasteiger partial charge in [0.1, 0.15) is 5.76 Å². The van der Waals surface area contributed by atoms with Crippen LogP contribution in [0.2, 0.25) is 0 Å². The molecular weight excluding hydrogens is 464 g/mol. The maximum Gasteiger partial charge on any atom is 0.359 e. The number of morpholine rings is 1. The van der Waals surface area contributed by atoms with E-state index in [9.17, 15) is 14.4 Å². The molecule has 36 heavy (non-hydrogen) atoms. The Hall–Kier alpha value is -3.92. The van der Waals surface area contributed by atoms with Gasteiger partial charge in [-0.2, -0.15) is 0 Å². The number of ether oxygens (including phenoxy) is 2. The molecule has 1 aliphatic rings. The molecule has 190 valence electrons. The molecule has 1 saturated heterocycles. The first-order chi connectivity index (χ1) is 17.6. The van der Waals surface area contributed by atoms with Gasteiger partial charge in [0.2, 0.25) is 11.8 Å². The summed E-state index contributed by atoms with van der Waals surface area (Å²) in [5, 5.41) is 2.84. The number of benzene rings is 1. The number of nitrogens with zero attached hydrogens (tertiary/aromatic N) is 3. The van der Waals surface area contributed by atoms with Crippen LogP contribution < -0.4 is 5.32 Å². The van der Waals surface area contributed by atoms with Crippen molar-refractivity contribution in [1.82, 2.24) is 19.8 Å². The van der Waals surface area contributed by atoms with E-state index in [-0.39, 0.29) is 43.5 Å². The Labute approximate surface area is 209 Å². The van der Waals surface area contributed by atoms with Gasteiger partial charge in [-0.3, -0.25) is 9.59 Å². The summed E-state index contributed by atoms with van der Waals surface area (Å²) in [6.45, 7) is 4.12. The molecule has 0 unspecified atom stereocenters. The van der Waals surface area contributed by atoms with E-state index in [2.05, 4.69) is 10.3 Å². The van der Waals surface area contributed by atoms with Gasteiger partial charge in [0, 0.05) is 31.5 Å². The lowest BCUT2D eigenvalue weighted by Crippen LogP contribution is -2.41. The number of carbonyl (C=O) groups is 3. The summed E-state index contributed by atoms with van der Waals surface area (Å²) in [5.41, 5.74) is 1.38. The zero-order valence-corrected chi connectivity index (χ0v) is 20.2. The number of hydrogen-bond donors (Lipinski definition) is 1. The molecule has 0 saturated carbocycles. The molecule has 2 amide bonds. The highest BCUT2D eigenvalue weighted by atomic mass is 16.5. The molecule has 3 aromatic rings. The van der Waals surface area contributed by atoms with Crippen molar-refractivity contribution in [3.63, 3.8) is 0 Å². The van der Waals surface area contributed by atoms with E-state index < -0.39 is 12.0 Å². The fraction of sp³-hybridized carbons (Fsp3) is 0.385. The Morgan fingerprint density at radius 1 is 1.08 bits per heavy atom. The zero-order chi connectivity index (χ0) is 25.3. The molecule has 1 aromatic carbocycles. The Balaban J connectivity index is 1.64. The maximum absolute atomic E-state index is 13.2. The average Bonchev–Trinajstić information content (AvgIpc) is 3.59. The van der Waals surface area contributed by atoms with Crippen molar-refractivity contribution in [2.24, 2.45) is 0 Å². The van der Waals surface area contributed by atoms with Crippen LogP contribution in [-0.2, 0) is 25.6 Å². The number of imidazole rings is 1. The maximum atomic E-state index is 13.2. The van der Waals surface area contributed by atoms with E-state index in [1.54, 1.807) is 34.8 Å². The highest BCUT2D eigenvalue weighted by molar-refractivity contribution is 5.94. The van der Waals surface area contributed by atoms with Gasteiger partial charge >= 0.3 is 5.97 Å². The van der Waals surface area contributed by atoms with Crippen LogP contribution in [0, 0.1) is 0 Å². The SMILES string of the molecule is CCOC(=O)c1ncn([C@@H](CC(=O)NCc2ccco2)CC(=O)N2CCOCC2)c1-c1ccccc1. The third kappa shape index (κ3) is 6.19. The topological polar surface area (TPSA) is 116 Å². The van der Waals surface area contributed by atoms with Crippen LogP contribution in [0.1, 0.15) is 42.1 Å². The minimum Gasteiger partial charge on any atom is -0.467 e. The van der Waals surface area contributed by atoms with Gasteiger partial charge < -0.3 is 28.7 Å². The second kappa shape index (κ2) is 12.2. The minimum atomic E-state index is -0.581. The van der Waals surface area contributed by atoms with Crippen LogP contribution in [0.3, 0.4) is 0 Å². The molecule has 10 nitrogen and oxygen atoms in total. The lowest BCUT2D eigenvalue weighted by molar-refractivity contribution is -0.136. The molecule has 4 rings (SSSR count). The van der Waals surface area contributed by atoms with Gasteiger partial charge in [-0.05, 0) is 19.1 Å². The number of esters is 1. The number of hydrogen-bond acceptors (Lipinski definition) is 7. The number of carbonyl (C=O) groups excluding carboxylic acids is 3. The van der Waals surface area contributed by atoms with Crippen molar-refractivity contribution < 1.29 is 28.3 Å². The summed E-state index contributed by atoms with van der Waals surface area (Å²) in [4.78, 5) is 44.9. The molecule has 3 heterocycles. The van der Waals surface area contributed by atoms with Crippen LogP contribution in [0.25, 0.3) is 11.3 Å². The van der Waals surface area contributed by atoms with Crippen molar-refractivity contribution in [1.29, 1.82) is 0 Å². The molecule has 2 aromatic heterocycles. The summed E-state index contributed by atoms with van der Waals surface area (Å²) in [6, 6.07) is 12.2. The third-order valence-electron chi connectivity index (χ3n) is 5.94. The van der Waals surface area contributed by atoms with Crippen molar-refractivity contribution in [2.75, 3.05) is 32.9 Å². The summed E-state index contributed by atoms with van der Waals surface area (Å²) in [6.07, 6.45) is 3.12. The molecule has 0 aliphatic carbocycles. The van der Waals surface area contributed by atoms with Crippen LogP contribution in [0.15, 0.2) is 59.5 Å². The Bertz CT molecular complexity index is 1150. The van der Waals surface area contributed by atoms with Gasteiger partial charge in [-0.25, -0.2) is 9.78 Å². The van der Waals surface area contributed by atoms with E-state index in [1.165, 1.54) is 6.33 Å². The summed E-state index contributed by atoms with van der Waals surface area (Å²) in [7, 11) is 0. The van der Waals surface area contributed by atoms with E-state index in [0.717, 1.165) is 5.56 Å². The van der Waals surface area contributed by atoms with Gasteiger partial charge in [0.25, 0.3) is 0 Å². The number of aromatic nitrogens is 2. The van der Waals surface area contributed by atoms with Crippen molar-refractivity contribution in [3.8, 4) is 11.3 Å². The molecule has 1 fully saturated rings. The fourth-order valence-corrected chi connectivity index (χ4v) is 4.17. The highest BCUT2D eigenvalue weighted by Gasteiger charge is 2.29. The van der Waals surface area contributed by atoms with Gasteiger partial charge in [0.15, 0.2) is 5.69 Å². The zero-order valence-electron chi connectivity index (χ0n) is 20.2. The predicted molar refractivity (Wildman–Crippen MR) is 130 cm³/mol. The molecule has 10 heteroatoms. The van der Waals surface area contributed by atoms with Gasteiger partial charge in [-0.1, -0.05) is 30.3 Å². The van der Waals surface area contributed by atoms with Crippen LogP contribution in [0.4, 0.5) is 0 Å². The van der Waals surface area contributed by atoms with Crippen molar-refractivity contribution >= 4 is 17.8 Å². The van der Waals surface area contributed by atoms with Gasteiger partial charge in [0.05, 0.1) is 50.7 Å². The Morgan fingerprint density at radius 2 is 1.86 bits per heavy atom. The lowest BCUT2D eigenvalue weighted by Gasteiger charge is -2.29. The van der Waals surface area contributed by atoms with E-state index >= 15 is 0 Å². The highest BCUT2D eigenvalue weighted by Crippen LogP contribution is 2.30. The lowest BCUT2D eigenvalue weighted by atomic mass is 10.0. The minimum absolute atomic E-state index is 0.00917. The number of rotatable bonds is 10. The largest absolute Gasteiger partial charge is 0.467 e. The summed E-state index contributed by atoms with van der Waals surface area (Å²) in [5.74, 6) is -0.277. The molecule has 0 spiro atoms. The second-order valence-corrected chi connectivity index (χ2v) is 8.35. The standard InChI is InChI=1S/C26H30N4O6/c1-2-35-26(33)24-25(19-7-4-3-5-8-19)30(18-28-24)20(16-23(32)29-10-13-34-14-11-29)15-22(31)27-17-21-9-6-12-36-21/h3-9,12,18,20H,2,10-11,13-17H2,1H3,(H,27,31)/t20-/m0/s1. The first kappa shape index (κ1) is 25.2.